The summed E-state index contributed by atoms with van der Waals surface area (Å²) in [6, 6.07) is 5.96. The van der Waals surface area contributed by atoms with E-state index in [4.69, 9.17) is 4.74 Å². The molecule has 1 rings (SSSR count). The molecule has 0 aliphatic rings. The van der Waals surface area contributed by atoms with Gasteiger partial charge < -0.3 is 14.7 Å². The molecular formula is C14H20BrNO2. The van der Waals surface area contributed by atoms with E-state index >= 15 is 0 Å². The fourth-order valence-corrected chi connectivity index (χ4v) is 2.43. The van der Waals surface area contributed by atoms with E-state index in [-0.39, 0.29) is 0 Å². The van der Waals surface area contributed by atoms with E-state index in [9.17, 15) is 5.11 Å². The summed E-state index contributed by atoms with van der Waals surface area (Å²) < 4.78 is 6.02. The molecule has 0 aliphatic heterocycles. The van der Waals surface area contributed by atoms with E-state index in [1.165, 1.54) is 0 Å². The second kappa shape index (κ2) is 7.56. The van der Waals surface area contributed by atoms with Crippen LogP contribution in [0, 0.1) is 0 Å². The van der Waals surface area contributed by atoms with Gasteiger partial charge in [-0.2, -0.15) is 0 Å². The van der Waals surface area contributed by atoms with Crippen LogP contribution in [0.3, 0.4) is 0 Å². The number of methoxy groups -OCH3 is 1. The molecule has 0 radical (unpaired) electrons. The molecule has 100 valence electrons. The quantitative estimate of drug-likeness (QED) is 0.785. The zero-order chi connectivity index (χ0) is 13.5. The van der Waals surface area contributed by atoms with Gasteiger partial charge in [0.15, 0.2) is 0 Å². The smallest absolute Gasteiger partial charge is 0.0772 e. The minimum Gasteiger partial charge on any atom is -0.389 e. The third-order valence-corrected chi connectivity index (χ3v) is 3.40. The predicted octanol–water partition coefficient (Wildman–Crippen LogP) is 3.14. The Morgan fingerprint density at radius 3 is 2.78 bits per heavy atom. The Bertz CT molecular complexity index is 393. The van der Waals surface area contributed by atoms with Crippen LogP contribution >= 0.6 is 15.9 Å². The second-order valence-electron chi connectivity index (χ2n) is 4.11. The highest BCUT2D eigenvalue weighted by molar-refractivity contribution is 9.10. The van der Waals surface area contributed by atoms with Crippen molar-refractivity contribution in [3.05, 3.63) is 40.9 Å². The van der Waals surface area contributed by atoms with Crippen molar-refractivity contribution >= 4 is 21.6 Å². The summed E-state index contributed by atoms with van der Waals surface area (Å²) in [5.74, 6) is 0. The lowest BCUT2D eigenvalue weighted by molar-refractivity contribution is 0.198. The third kappa shape index (κ3) is 4.12. The molecule has 0 saturated carbocycles. The van der Waals surface area contributed by atoms with Crippen LogP contribution in [0.15, 0.2) is 35.3 Å². The van der Waals surface area contributed by atoms with Crippen LogP contribution in [0.5, 0.6) is 0 Å². The summed E-state index contributed by atoms with van der Waals surface area (Å²) in [4.78, 5) is 2.17. The molecule has 0 aromatic heterocycles. The van der Waals surface area contributed by atoms with Crippen LogP contribution in [0.1, 0.15) is 18.6 Å². The number of rotatable bonds is 7. The van der Waals surface area contributed by atoms with E-state index in [1.807, 2.05) is 24.3 Å². The molecule has 0 aliphatic carbocycles. The molecule has 1 N–H and O–H groups in total. The maximum atomic E-state index is 9.60. The number of anilines is 1. The van der Waals surface area contributed by atoms with Crippen LogP contribution in [-0.4, -0.2) is 31.9 Å². The first kappa shape index (κ1) is 15.2. The average Bonchev–Trinajstić information content (AvgIpc) is 2.33. The highest BCUT2D eigenvalue weighted by atomic mass is 79.9. The van der Waals surface area contributed by atoms with Gasteiger partial charge in [-0.3, -0.25) is 0 Å². The summed E-state index contributed by atoms with van der Waals surface area (Å²) in [6.45, 7) is 7.77. The summed E-state index contributed by atoms with van der Waals surface area (Å²) in [5, 5.41) is 9.60. The van der Waals surface area contributed by atoms with Gasteiger partial charge in [-0.25, -0.2) is 0 Å². The van der Waals surface area contributed by atoms with E-state index in [2.05, 4.69) is 27.4 Å². The van der Waals surface area contributed by atoms with Crippen LogP contribution < -0.4 is 4.90 Å². The maximum Gasteiger partial charge on any atom is 0.0772 e. The van der Waals surface area contributed by atoms with Gasteiger partial charge in [0.1, 0.15) is 0 Å². The largest absolute Gasteiger partial charge is 0.389 e. The highest BCUT2D eigenvalue weighted by Gasteiger charge is 2.10. The van der Waals surface area contributed by atoms with Crippen molar-refractivity contribution in [1.29, 1.82) is 0 Å². The Morgan fingerprint density at radius 2 is 2.28 bits per heavy atom. The first-order valence-electron chi connectivity index (χ1n) is 5.92. The van der Waals surface area contributed by atoms with Gasteiger partial charge in [-0.05, 0) is 24.6 Å². The minimum absolute atomic E-state index is 0.472. The molecule has 1 aromatic rings. The standard InChI is InChI=1S/C14H20BrNO2/c1-4-7-16(8-9-18-3)12-5-6-13(11(2)17)14(15)10-12/h4-6,10-11,17H,1,7-9H2,2-3H3. The van der Waals surface area contributed by atoms with Crippen molar-refractivity contribution in [1.82, 2.24) is 0 Å². The number of hydrogen-bond donors (Lipinski definition) is 1. The second-order valence-corrected chi connectivity index (χ2v) is 4.96. The Hall–Kier alpha value is -0.840. The Balaban J connectivity index is 2.91. The van der Waals surface area contributed by atoms with Crippen molar-refractivity contribution < 1.29 is 9.84 Å². The Labute approximate surface area is 117 Å². The molecule has 1 unspecified atom stereocenters. The molecule has 0 saturated heterocycles. The van der Waals surface area contributed by atoms with Crippen LogP contribution in [-0.2, 0) is 4.74 Å². The summed E-state index contributed by atoms with van der Waals surface area (Å²) in [6.07, 6.45) is 1.40. The average molecular weight is 314 g/mol. The number of benzene rings is 1. The topological polar surface area (TPSA) is 32.7 Å². The normalized spacial score (nSPS) is 12.2. The lowest BCUT2D eigenvalue weighted by Crippen LogP contribution is -2.27. The van der Waals surface area contributed by atoms with Crippen LogP contribution in [0.2, 0.25) is 0 Å². The van der Waals surface area contributed by atoms with Crippen molar-refractivity contribution in [2.45, 2.75) is 13.0 Å². The van der Waals surface area contributed by atoms with Gasteiger partial charge in [0.25, 0.3) is 0 Å². The van der Waals surface area contributed by atoms with E-state index in [0.717, 1.165) is 28.8 Å². The number of ether oxygens (including phenoxy) is 1. The Morgan fingerprint density at radius 1 is 1.56 bits per heavy atom. The number of hydrogen-bond acceptors (Lipinski definition) is 3. The summed E-state index contributed by atoms with van der Waals surface area (Å²) in [7, 11) is 1.69. The van der Waals surface area contributed by atoms with Crippen molar-refractivity contribution in [2.75, 3.05) is 31.7 Å². The number of nitrogens with zero attached hydrogens (tertiary/aromatic N) is 1. The third-order valence-electron chi connectivity index (χ3n) is 2.71. The molecule has 0 heterocycles. The Kier molecular flexibility index (Phi) is 6.39. The molecule has 0 spiro atoms. The molecule has 0 amide bonds. The van der Waals surface area contributed by atoms with Gasteiger partial charge in [-0.15, -0.1) is 6.58 Å². The molecule has 4 heteroatoms. The van der Waals surface area contributed by atoms with E-state index in [0.29, 0.717) is 6.61 Å². The zero-order valence-electron chi connectivity index (χ0n) is 10.9. The molecule has 0 bridgehead atoms. The first-order valence-corrected chi connectivity index (χ1v) is 6.71. The first-order chi connectivity index (χ1) is 8.60. The molecule has 0 fully saturated rings. The molecule has 1 atom stereocenters. The highest BCUT2D eigenvalue weighted by Crippen LogP contribution is 2.28. The monoisotopic (exact) mass is 313 g/mol. The maximum absolute atomic E-state index is 9.60. The van der Waals surface area contributed by atoms with E-state index in [1.54, 1.807) is 14.0 Å². The lowest BCUT2D eigenvalue weighted by atomic mass is 10.1. The lowest BCUT2D eigenvalue weighted by Gasteiger charge is -2.24. The number of aliphatic hydroxyl groups is 1. The fourth-order valence-electron chi connectivity index (χ4n) is 1.73. The summed E-state index contributed by atoms with van der Waals surface area (Å²) >= 11 is 3.49. The number of halogens is 1. The van der Waals surface area contributed by atoms with Crippen molar-refractivity contribution in [3.63, 3.8) is 0 Å². The van der Waals surface area contributed by atoms with Gasteiger partial charge in [0.2, 0.25) is 0 Å². The van der Waals surface area contributed by atoms with Crippen LogP contribution in [0.4, 0.5) is 5.69 Å². The molecule has 18 heavy (non-hydrogen) atoms. The van der Waals surface area contributed by atoms with E-state index < -0.39 is 6.10 Å². The molecular weight excluding hydrogens is 294 g/mol. The summed E-state index contributed by atoms with van der Waals surface area (Å²) in [5.41, 5.74) is 1.98. The van der Waals surface area contributed by atoms with Crippen molar-refractivity contribution in [3.8, 4) is 0 Å². The number of aliphatic hydroxyl groups excluding tert-OH is 1. The molecule has 3 nitrogen and oxygen atoms in total. The zero-order valence-corrected chi connectivity index (χ0v) is 12.5. The minimum atomic E-state index is -0.472. The van der Waals surface area contributed by atoms with Gasteiger partial charge in [0, 0.05) is 30.4 Å². The van der Waals surface area contributed by atoms with Gasteiger partial charge in [-0.1, -0.05) is 28.1 Å². The fraction of sp³-hybridized carbons (Fsp3) is 0.429. The van der Waals surface area contributed by atoms with Gasteiger partial charge in [0.05, 0.1) is 12.7 Å². The van der Waals surface area contributed by atoms with Crippen LogP contribution in [0.25, 0.3) is 0 Å². The molecule has 1 aromatic carbocycles. The predicted molar refractivity (Wildman–Crippen MR) is 79.1 cm³/mol. The SMILES string of the molecule is C=CCN(CCOC)c1ccc(C(C)O)c(Br)c1. The van der Waals surface area contributed by atoms with Crippen molar-refractivity contribution in [2.24, 2.45) is 0 Å². The van der Waals surface area contributed by atoms with Gasteiger partial charge >= 0.3 is 0 Å².